The Hall–Kier alpha value is -2.25. The van der Waals surface area contributed by atoms with Crippen molar-refractivity contribution in [2.75, 3.05) is 12.4 Å². The number of rotatable bonds is 4. The molecule has 122 valence electrons. The van der Waals surface area contributed by atoms with Crippen LogP contribution in [0.15, 0.2) is 47.2 Å². The first kappa shape index (κ1) is 16.6. The van der Waals surface area contributed by atoms with Crippen molar-refractivity contribution >= 4 is 38.3 Å². The monoisotopic (exact) mass is 403 g/mol. The number of aromatic nitrogens is 2. The fourth-order valence-electron chi connectivity index (χ4n) is 2.17. The fourth-order valence-corrected chi connectivity index (χ4v) is 3.37. The lowest BCUT2D eigenvalue weighted by molar-refractivity contribution is 0.102. The van der Waals surface area contributed by atoms with Crippen LogP contribution in [-0.4, -0.2) is 23.0 Å². The standard InChI is InChI=1S/C17H14BrN3O2S/c1-10-15(11-3-5-14(23-2)6-4-11)20-17(24-10)21-16(22)12-7-13(18)9-19-8-12/h3-9H,1-2H3,(H,20,21,22). The summed E-state index contributed by atoms with van der Waals surface area (Å²) in [6.07, 6.45) is 3.15. The highest BCUT2D eigenvalue weighted by atomic mass is 79.9. The number of hydrogen-bond acceptors (Lipinski definition) is 5. The first-order chi connectivity index (χ1) is 11.6. The summed E-state index contributed by atoms with van der Waals surface area (Å²) in [7, 11) is 1.63. The number of hydrogen-bond donors (Lipinski definition) is 1. The van der Waals surface area contributed by atoms with Gasteiger partial charge in [0.2, 0.25) is 0 Å². The maximum absolute atomic E-state index is 12.3. The van der Waals surface area contributed by atoms with Crippen molar-refractivity contribution in [3.05, 3.63) is 57.6 Å². The summed E-state index contributed by atoms with van der Waals surface area (Å²) in [5, 5.41) is 3.38. The molecule has 0 radical (unpaired) electrons. The van der Waals surface area contributed by atoms with Crippen LogP contribution in [0.2, 0.25) is 0 Å². The molecule has 3 rings (SSSR count). The van der Waals surface area contributed by atoms with Crippen LogP contribution in [0, 0.1) is 6.92 Å². The van der Waals surface area contributed by atoms with Gasteiger partial charge in [-0.1, -0.05) is 0 Å². The Bertz CT molecular complexity index is 878. The number of pyridine rings is 1. The molecule has 0 aliphatic rings. The molecule has 3 aromatic rings. The molecule has 2 aromatic heterocycles. The van der Waals surface area contributed by atoms with Gasteiger partial charge >= 0.3 is 0 Å². The van der Waals surface area contributed by atoms with Crippen molar-refractivity contribution < 1.29 is 9.53 Å². The minimum Gasteiger partial charge on any atom is -0.497 e. The summed E-state index contributed by atoms with van der Waals surface area (Å²) >= 11 is 4.75. The molecular formula is C17H14BrN3O2S. The third kappa shape index (κ3) is 3.63. The Morgan fingerprint density at radius 3 is 2.67 bits per heavy atom. The maximum Gasteiger partial charge on any atom is 0.259 e. The van der Waals surface area contributed by atoms with Crippen molar-refractivity contribution in [1.29, 1.82) is 0 Å². The molecule has 1 N–H and O–H groups in total. The summed E-state index contributed by atoms with van der Waals surface area (Å²) in [5.41, 5.74) is 2.31. The van der Waals surface area contributed by atoms with Gasteiger partial charge in [-0.25, -0.2) is 4.98 Å². The summed E-state index contributed by atoms with van der Waals surface area (Å²) in [6, 6.07) is 9.39. The van der Waals surface area contributed by atoms with Gasteiger partial charge in [0.15, 0.2) is 5.13 Å². The van der Waals surface area contributed by atoms with Gasteiger partial charge < -0.3 is 4.74 Å². The van der Waals surface area contributed by atoms with Crippen molar-refractivity contribution in [3.8, 4) is 17.0 Å². The summed E-state index contributed by atoms with van der Waals surface area (Å²) in [6.45, 7) is 1.98. The topological polar surface area (TPSA) is 64.1 Å². The summed E-state index contributed by atoms with van der Waals surface area (Å²) in [5.74, 6) is 0.557. The molecule has 0 aliphatic heterocycles. The Morgan fingerprint density at radius 1 is 1.25 bits per heavy atom. The average molecular weight is 404 g/mol. The average Bonchev–Trinajstić information content (AvgIpc) is 2.95. The summed E-state index contributed by atoms with van der Waals surface area (Å²) in [4.78, 5) is 21.8. The first-order valence-corrected chi connectivity index (χ1v) is 8.71. The Morgan fingerprint density at radius 2 is 2.00 bits per heavy atom. The largest absolute Gasteiger partial charge is 0.497 e. The number of benzene rings is 1. The zero-order chi connectivity index (χ0) is 17.1. The molecular weight excluding hydrogens is 390 g/mol. The lowest BCUT2D eigenvalue weighted by atomic mass is 10.1. The number of amides is 1. The lowest BCUT2D eigenvalue weighted by Crippen LogP contribution is -2.11. The molecule has 2 heterocycles. The van der Waals surface area contributed by atoms with E-state index in [-0.39, 0.29) is 5.91 Å². The highest BCUT2D eigenvalue weighted by molar-refractivity contribution is 9.10. The molecule has 0 aliphatic carbocycles. The summed E-state index contributed by atoms with van der Waals surface area (Å²) < 4.78 is 5.92. The second-order valence-electron chi connectivity index (χ2n) is 5.00. The fraction of sp³-hybridized carbons (Fsp3) is 0.118. The SMILES string of the molecule is COc1ccc(-c2nc(NC(=O)c3cncc(Br)c3)sc2C)cc1. The molecule has 0 saturated heterocycles. The molecule has 7 heteroatoms. The van der Waals surface area contributed by atoms with E-state index in [1.165, 1.54) is 17.5 Å². The van der Waals surface area contributed by atoms with E-state index in [1.54, 1.807) is 19.4 Å². The molecule has 0 fully saturated rings. The molecule has 1 amide bonds. The second-order valence-corrected chi connectivity index (χ2v) is 7.12. The van der Waals surface area contributed by atoms with Crippen molar-refractivity contribution in [2.24, 2.45) is 0 Å². The number of carbonyl (C=O) groups is 1. The van der Waals surface area contributed by atoms with Gasteiger partial charge in [-0.15, -0.1) is 11.3 Å². The number of aryl methyl sites for hydroxylation is 1. The van der Waals surface area contributed by atoms with Crippen LogP contribution in [0.3, 0.4) is 0 Å². The maximum atomic E-state index is 12.3. The van der Waals surface area contributed by atoms with Gasteiger partial charge in [0, 0.05) is 27.3 Å². The van der Waals surface area contributed by atoms with Crippen LogP contribution in [0.1, 0.15) is 15.2 Å². The number of ether oxygens (including phenoxy) is 1. The normalized spacial score (nSPS) is 10.5. The van der Waals surface area contributed by atoms with Gasteiger partial charge in [-0.05, 0) is 53.2 Å². The number of carbonyl (C=O) groups excluding carboxylic acids is 1. The molecule has 5 nitrogen and oxygen atoms in total. The van der Waals surface area contributed by atoms with E-state index in [9.17, 15) is 4.79 Å². The third-order valence-corrected chi connectivity index (χ3v) is 4.67. The van der Waals surface area contributed by atoms with Gasteiger partial charge in [0.1, 0.15) is 5.75 Å². The lowest BCUT2D eigenvalue weighted by Gasteiger charge is -2.02. The third-order valence-electron chi connectivity index (χ3n) is 3.35. The van der Waals surface area contributed by atoms with Gasteiger partial charge in [-0.3, -0.25) is 15.1 Å². The van der Waals surface area contributed by atoms with E-state index in [0.717, 1.165) is 26.4 Å². The van der Waals surface area contributed by atoms with E-state index < -0.39 is 0 Å². The molecule has 0 saturated carbocycles. The van der Waals surface area contributed by atoms with E-state index in [1.807, 2.05) is 31.2 Å². The molecule has 24 heavy (non-hydrogen) atoms. The van der Waals surface area contributed by atoms with Gasteiger partial charge in [0.25, 0.3) is 5.91 Å². The number of nitrogens with one attached hydrogen (secondary N) is 1. The number of anilines is 1. The van der Waals surface area contributed by atoms with Crippen LogP contribution in [0.5, 0.6) is 5.75 Å². The predicted octanol–water partition coefficient (Wildman–Crippen LogP) is 4.54. The van der Waals surface area contributed by atoms with Crippen LogP contribution in [0.25, 0.3) is 11.3 Å². The van der Waals surface area contributed by atoms with Crippen molar-refractivity contribution in [1.82, 2.24) is 9.97 Å². The van der Waals surface area contributed by atoms with Gasteiger partial charge in [0.05, 0.1) is 18.4 Å². The molecule has 0 bridgehead atoms. The van der Waals surface area contributed by atoms with Gasteiger partial charge in [-0.2, -0.15) is 0 Å². The molecule has 0 atom stereocenters. The highest BCUT2D eigenvalue weighted by Crippen LogP contribution is 2.31. The quantitative estimate of drug-likeness (QED) is 0.694. The zero-order valence-electron chi connectivity index (χ0n) is 13.0. The Balaban J connectivity index is 1.82. The van der Waals surface area contributed by atoms with E-state index in [0.29, 0.717) is 10.7 Å². The van der Waals surface area contributed by atoms with E-state index in [2.05, 4.69) is 31.2 Å². The first-order valence-electron chi connectivity index (χ1n) is 7.10. The molecule has 1 aromatic carbocycles. The predicted molar refractivity (Wildman–Crippen MR) is 98.7 cm³/mol. The number of halogens is 1. The van der Waals surface area contributed by atoms with Crippen molar-refractivity contribution in [3.63, 3.8) is 0 Å². The van der Waals surface area contributed by atoms with Crippen LogP contribution < -0.4 is 10.1 Å². The zero-order valence-corrected chi connectivity index (χ0v) is 15.4. The highest BCUT2D eigenvalue weighted by Gasteiger charge is 2.13. The van der Waals surface area contributed by atoms with Crippen LogP contribution in [-0.2, 0) is 0 Å². The minimum atomic E-state index is -0.237. The number of methoxy groups -OCH3 is 1. The van der Waals surface area contributed by atoms with E-state index in [4.69, 9.17) is 4.74 Å². The minimum absolute atomic E-state index is 0.237. The smallest absolute Gasteiger partial charge is 0.259 e. The van der Waals surface area contributed by atoms with E-state index >= 15 is 0 Å². The van der Waals surface area contributed by atoms with Crippen LogP contribution in [0.4, 0.5) is 5.13 Å². The molecule has 0 unspecified atom stereocenters. The second kappa shape index (κ2) is 7.11. The molecule has 0 spiro atoms. The Kier molecular flexibility index (Phi) is 4.92. The Labute approximate surface area is 151 Å². The number of nitrogens with zero attached hydrogens (tertiary/aromatic N) is 2. The van der Waals surface area contributed by atoms with Crippen LogP contribution >= 0.6 is 27.3 Å². The van der Waals surface area contributed by atoms with Crippen molar-refractivity contribution in [2.45, 2.75) is 6.92 Å². The number of thiazole rings is 1.